The molecule has 132 valence electrons. The van der Waals surface area contributed by atoms with E-state index in [1.165, 1.54) is 0 Å². The molecule has 3 rings (SSSR count). The molecular formula is C21H19NO4. The third-order valence-electron chi connectivity index (χ3n) is 3.90. The lowest BCUT2D eigenvalue weighted by molar-refractivity contribution is 0.0511. The Morgan fingerprint density at radius 1 is 0.846 bits per heavy atom. The lowest BCUT2D eigenvalue weighted by atomic mass is 9.98. The van der Waals surface area contributed by atoms with Gasteiger partial charge in [-0.3, -0.25) is 0 Å². The van der Waals surface area contributed by atoms with Crippen LogP contribution in [0.2, 0.25) is 0 Å². The number of nitrogens with zero attached hydrogens (tertiary/aromatic N) is 1. The van der Waals surface area contributed by atoms with Crippen LogP contribution in [0.5, 0.6) is 0 Å². The van der Waals surface area contributed by atoms with Crippen LogP contribution in [0.1, 0.15) is 34.8 Å². The molecule has 26 heavy (non-hydrogen) atoms. The van der Waals surface area contributed by atoms with Gasteiger partial charge in [-0.2, -0.15) is 0 Å². The predicted octanol–water partition coefficient (Wildman–Crippen LogP) is 4.26. The van der Waals surface area contributed by atoms with E-state index in [1.54, 1.807) is 26.0 Å². The number of esters is 2. The summed E-state index contributed by atoms with van der Waals surface area (Å²) >= 11 is 0. The summed E-state index contributed by atoms with van der Waals surface area (Å²) in [6.45, 7) is 3.90. The fraction of sp³-hybridized carbons (Fsp3) is 0.190. The highest BCUT2D eigenvalue weighted by Crippen LogP contribution is 2.29. The van der Waals surface area contributed by atoms with Crippen LogP contribution in [0.15, 0.2) is 54.6 Å². The Balaban J connectivity index is 2.19. The Labute approximate surface area is 151 Å². The fourth-order valence-electron chi connectivity index (χ4n) is 2.78. The van der Waals surface area contributed by atoms with Crippen LogP contribution in [0, 0.1) is 0 Å². The Morgan fingerprint density at radius 2 is 1.42 bits per heavy atom. The standard InChI is InChI=1S/C21H19NO4/c1-3-25-20(23)18-12-15(13-19(22-18)21(24)26-4-2)17-11-7-9-14-8-5-6-10-16(14)17/h5-13H,3-4H2,1-2H3. The van der Waals surface area contributed by atoms with Crippen molar-refractivity contribution in [1.82, 2.24) is 4.98 Å². The van der Waals surface area contributed by atoms with Crippen LogP contribution in [-0.2, 0) is 9.47 Å². The monoisotopic (exact) mass is 349 g/mol. The minimum Gasteiger partial charge on any atom is -0.461 e. The molecule has 0 aliphatic rings. The molecule has 0 aliphatic carbocycles. The van der Waals surface area contributed by atoms with Crippen molar-refractivity contribution < 1.29 is 19.1 Å². The normalized spacial score (nSPS) is 10.5. The third kappa shape index (κ3) is 3.57. The summed E-state index contributed by atoms with van der Waals surface area (Å²) in [7, 11) is 0. The van der Waals surface area contributed by atoms with E-state index < -0.39 is 11.9 Å². The molecule has 0 aliphatic heterocycles. The van der Waals surface area contributed by atoms with Gasteiger partial charge in [-0.15, -0.1) is 0 Å². The highest BCUT2D eigenvalue weighted by Gasteiger charge is 2.18. The van der Waals surface area contributed by atoms with Gasteiger partial charge in [0.1, 0.15) is 11.4 Å². The molecule has 0 fully saturated rings. The molecule has 0 N–H and O–H groups in total. The first-order valence-corrected chi connectivity index (χ1v) is 8.48. The molecule has 0 unspecified atom stereocenters. The summed E-state index contributed by atoms with van der Waals surface area (Å²) in [6, 6.07) is 17.1. The molecule has 0 radical (unpaired) electrons. The quantitative estimate of drug-likeness (QED) is 0.644. The van der Waals surface area contributed by atoms with Gasteiger partial charge in [0.2, 0.25) is 0 Å². The van der Waals surface area contributed by atoms with E-state index in [0.717, 1.165) is 16.3 Å². The lowest BCUT2D eigenvalue weighted by Gasteiger charge is -2.11. The van der Waals surface area contributed by atoms with Crippen molar-refractivity contribution in [2.75, 3.05) is 13.2 Å². The van der Waals surface area contributed by atoms with Gasteiger partial charge in [0.05, 0.1) is 13.2 Å². The maximum absolute atomic E-state index is 12.2. The summed E-state index contributed by atoms with van der Waals surface area (Å²) in [4.78, 5) is 28.5. The number of hydrogen-bond donors (Lipinski definition) is 0. The first-order chi connectivity index (χ1) is 12.6. The lowest BCUT2D eigenvalue weighted by Crippen LogP contribution is -2.13. The molecule has 0 spiro atoms. The maximum Gasteiger partial charge on any atom is 0.356 e. The molecule has 0 saturated carbocycles. The van der Waals surface area contributed by atoms with Gasteiger partial charge in [-0.1, -0.05) is 42.5 Å². The summed E-state index contributed by atoms with van der Waals surface area (Å²) in [5.74, 6) is -1.14. The molecule has 2 aromatic carbocycles. The Kier molecular flexibility index (Phi) is 5.27. The first kappa shape index (κ1) is 17.6. The SMILES string of the molecule is CCOC(=O)c1cc(-c2cccc3ccccc23)cc(C(=O)OCC)n1. The molecule has 1 heterocycles. The zero-order valence-corrected chi connectivity index (χ0v) is 14.7. The van der Waals surface area contributed by atoms with Gasteiger partial charge >= 0.3 is 11.9 Å². The van der Waals surface area contributed by atoms with Crippen molar-refractivity contribution in [3.05, 3.63) is 66.0 Å². The van der Waals surface area contributed by atoms with Crippen LogP contribution in [0.3, 0.4) is 0 Å². The number of aromatic nitrogens is 1. The summed E-state index contributed by atoms with van der Waals surface area (Å²) in [5, 5.41) is 2.09. The van der Waals surface area contributed by atoms with Crippen LogP contribution < -0.4 is 0 Å². The Hall–Kier alpha value is -3.21. The van der Waals surface area contributed by atoms with Crippen molar-refractivity contribution in [3.8, 4) is 11.1 Å². The van der Waals surface area contributed by atoms with Crippen molar-refractivity contribution in [2.24, 2.45) is 0 Å². The van der Waals surface area contributed by atoms with Crippen molar-refractivity contribution in [1.29, 1.82) is 0 Å². The minimum absolute atomic E-state index is 0.0836. The maximum atomic E-state index is 12.2. The summed E-state index contributed by atoms with van der Waals surface area (Å²) < 4.78 is 10.1. The molecule has 3 aromatic rings. The zero-order valence-electron chi connectivity index (χ0n) is 14.7. The number of carbonyl (C=O) groups excluding carboxylic acids is 2. The first-order valence-electron chi connectivity index (χ1n) is 8.48. The highest BCUT2D eigenvalue weighted by molar-refractivity contribution is 6.00. The van der Waals surface area contributed by atoms with Crippen molar-refractivity contribution in [2.45, 2.75) is 13.8 Å². The molecule has 1 aromatic heterocycles. The van der Waals surface area contributed by atoms with E-state index in [1.807, 2.05) is 42.5 Å². The van der Waals surface area contributed by atoms with Gasteiger partial charge in [-0.25, -0.2) is 14.6 Å². The topological polar surface area (TPSA) is 65.5 Å². The average Bonchev–Trinajstić information content (AvgIpc) is 2.67. The molecule has 0 atom stereocenters. The van der Waals surface area contributed by atoms with E-state index in [-0.39, 0.29) is 24.6 Å². The van der Waals surface area contributed by atoms with E-state index in [4.69, 9.17) is 9.47 Å². The Bertz CT molecular complexity index is 924. The van der Waals surface area contributed by atoms with E-state index in [9.17, 15) is 9.59 Å². The number of fused-ring (bicyclic) bond motifs is 1. The van der Waals surface area contributed by atoms with Crippen LogP contribution in [-0.4, -0.2) is 30.1 Å². The number of pyridine rings is 1. The van der Waals surface area contributed by atoms with Crippen molar-refractivity contribution >= 4 is 22.7 Å². The second-order valence-corrected chi connectivity index (χ2v) is 5.59. The minimum atomic E-state index is -0.569. The fourth-order valence-corrected chi connectivity index (χ4v) is 2.78. The van der Waals surface area contributed by atoms with Crippen LogP contribution in [0.25, 0.3) is 21.9 Å². The average molecular weight is 349 g/mol. The van der Waals surface area contributed by atoms with Crippen LogP contribution in [0.4, 0.5) is 0 Å². The van der Waals surface area contributed by atoms with Crippen molar-refractivity contribution in [3.63, 3.8) is 0 Å². The zero-order chi connectivity index (χ0) is 18.5. The van der Waals surface area contributed by atoms with Crippen LogP contribution >= 0.6 is 0 Å². The number of rotatable bonds is 5. The highest BCUT2D eigenvalue weighted by atomic mass is 16.5. The molecule has 5 heteroatoms. The number of carbonyl (C=O) groups is 2. The molecule has 5 nitrogen and oxygen atoms in total. The Morgan fingerprint density at radius 3 is 2.04 bits per heavy atom. The molecule has 0 saturated heterocycles. The molecule has 0 amide bonds. The van der Waals surface area contributed by atoms with Gasteiger partial charge in [-0.05, 0) is 47.9 Å². The van der Waals surface area contributed by atoms with Gasteiger partial charge < -0.3 is 9.47 Å². The molecule has 0 bridgehead atoms. The molecular weight excluding hydrogens is 330 g/mol. The van der Waals surface area contributed by atoms with Gasteiger partial charge in [0.15, 0.2) is 0 Å². The van der Waals surface area contributed by atoms with Gasteiger partial charge in [0.25, 0.3) is 0 Å². The third-order valence-corrected chi connectivity index (χ3v) is 3.90. The summed E-state index contributed by atoms with van der Waals surface area (Å²) in [6.07, 6.45) is 0. The predicted molar refractivity (Wildman–Crippen MR) is 99.1 cm³/mol. The van der Waals surface area contributed by atoms with E-state index >= 15 is 0 Å². The second-order valence-electron chi connectivity index (χ2n) is 5.59. The smallest absolute Gasteiger partial charge is 0.356 e. The number of hydrogen-bond acceptors (Lipinski definition) is 5. The second kappa shape index (κ2) is 7.78. The largest absolute Gasteiger partial charge is 0.461 e. The summed E-state index contributed by atoms with van der Waals surface area (Å²) in [5.41, 5.74) is 1.78. The van der Waals surface area contributed by atoms with Gasteiger partial charge in [0, 0.05) is 0 Å². The number of ether oxygens (including phenoxy) is 2. The number of benzene rings is 2. The van der Waals surface area contributed by atoms with E-state index in [2.05, 4.69) is 4.98 Å². The van der Waals surface area contributed by atoms with E-state index in [0.29, 0.717) is 5.56 Å².